The van der Waals surface area contributed by atoms with Gasteiger partial charge < -0.3 is 34.6 Å². The van der Waals surface area contributed by atoms with Crippen LogP contribution in [0.25, 0.3) is 0 Å². The molecule has 0 radical (unpaired) electrons. The first-order valence-corrected chi connectivity index (χ1v) is 12.5. The van der Waals surface area contributed by atoms with E-state index in [1.54, 1.807) is 23.1 Å². The molecule has 224 valence electrons. The summed E-state index contributed by atoms with van der Waals surface area (Å²) < 4.78 is 93.4. The van der Waals surface area contributed by atoms with Gasteiger partial charge >= 0.3 is 24.4 Å². The maximum Gasteiger partial charge on any atom is 0.422 e. The number of hydrogen-bond acceptors (Lipinski definition) is 9. The molecule has 2 amide bonds. The fourth-order valence-electron chi connectivity index (χ4n) is 4.09. The van der Waals surface area contributed by atoms with Crippen molar-refractivity contribution in [2.75, 3.05) is 61.5 Å². The Hall–Kier alpha value is -4.70. The predicted molar refractivity (Wildman–Crippen MR) is 136 cm³/mol. The number of benzene rings is 2. The lowest BCUT2D eigenvalue weighted by Gasteiger charge is -2.34. The van der Waals surface area contributed by atoms with Crippen LogP contribution < -0.4 is 29.7 Å². The van der Waals surface area contributed by atoms with E-state index >= 15 is 0 Å². The van der Waals surface area contributed by atoms with Crippen LogP contribution in [0.4, 0.5) is 54.4 Å². The van der Waals surface area contributed by atoms with Crippen LogP contribution in [0.5, 0.6) is 17.5 Å². The van der Waals surface area contributed by atoms with Gasteiger partial charge in [0.05, 0.1) is 5.56 Å². The van der Waals surface area contributed by atoms with Gasteiger partial charge in [0.2, 0.25) is 11.9 Å². The number of fused-ring (bicyclic) bond motifs is 1. The van der Waals surface area contributed by atoms with Gasteiger partial charge in [-0.15, -0.1) is 0 Å². The third kappa shape index (κ3) is 7.32. The zero-order chi connectivity index (χ0) is 29.9. The number of ether oxygens (including phenoxy) is 3. The number of rotatable bonds is 6. The highest BCUT2D eigenvalue weighted by molar-refractivity contribution is 5.90. The van der Waals surface area contributed by atoms with Crippen LogP contribution in [0, 0.1) is 0 Å². The molecule has 3 aromatic rings. The molecular formula is C25H23F6N7O4. The number of carbonyl (C=O) groups excluding carboxylic acids is 1. The number of alkyl halides is 6. The molecule has 0 aliphatic carbocycles. The molecule has 0 bridgehead atoms. The summed E-state index contributed by atoms with van der Waals surface area (Å²) in [6.45, 7) is -0.0608. The van der Waals surface area contributed by atoms with Crippen LogP contribution in [-0.2, 0) is 6.18 Å². The molecule has 0 saturated carbocycles. The Bertz CT molecular complexity index is 1430. The van der Waals surface area contributed by atoms with Gasteiger partial charge in [-0.2, -0.15) is 41.3 Å². The number of halogens is 6. The molecule has 2 aliphatic rings. The Morgan fingerprint density at radius 2 is 1.62 bits per heavy atom. The van der Waals surface area contributed by atoms with Crippen LogP contribution in [0.1, 0.15) is 5.56 Å². The number of hydrogen-bond donors (Lipinski definition) is 2. The topological polar surface area (TPSA) is 114 Å². The molecule has 1 fully saturated rings. The Labute approximate surface area is 234 Å². The summed E-state index contributed by atoms with van der Waals surface area (Å²) in [5.74, 6) is 0.682. The average molecular weight is 599 g/mol. The van der Waals surface area contributed by atoms with Crippen molar-refractivity contribution in [2.45, 2.75) is 12.4 Å². The van der Waals surface area contributed by atoms with Crippen LogP contribution >= 0.6 is 0 Å². The second-order valence-electron chi connectivity index (χ2n) is 9.11. The SMILES string of the molecule is O=C(Nc1ccc2c(c1)OCCO2)N1CCN(c2nc(Nc3cccc(C(F)(F)F)c3)nc(OCC(F)(F)F)n2)CC1. The maximum atomic E-state index is 13.1. The minimum Gasteiger partial charge on any atom is -0.486 e. The summed E-state index contributed by atoms with van der Waals surface area (Å²) in [7, 11) is 0. The van der Waals surface area contributed by atoms with E-state index in [4.69, 9.17) is 14.2 Å². The van der Waals surface area contributed by atoms with Gasteiger partial charge in [0.25, 0.3) is 0 Å². The van der Waals surface area contributed by atoms with Gasteiger partial charge in [0.1, 0.15) is 13.2 Å². The third-order valence-corrected chi connectivity index (χ3v) is 6.06. The minimum absolute atomic E-state index is 0.0515. The summed E-state index contributed by atoms with van der Waals surface area (Å²) in [6.07, 6.45) is -9.30. The molecule has 2 aromatic carbocycles. The van der Waals surface area contributed by atoms with E-state index < -0.39 is 30.5 Å². The number of urea groups is 1. The van der Waals surface area contributed by atoms with Gasteiger partial charge in [-0.05, 0) is 30.3 Å². The monoisotopic (exact) mass is 599 g/mol. The van der Waals surface area contributed by atoms with Gasteiger partial charge in [-0.1, -0.05) is 6.07 Å². The molecule has 5 rings (SSSR count). The molecule has 3 heterocycles. The second-order valence-corrected chi connectivity index (χ2v) is 9.11. The highest BCUT2D eigenvalue weighted by Crippen LogP contribution is 2.33. The Morgan fingerprint density at radius 1 is 0.881 bits per heavy atom. The van der Waals surface area contributed by atoms with Crippen molar-refractivity contribution in [1.82, 2.24) is 19.9 Å². The number of piperazine rings is 1. The van der Waals surface area contributed by atoms with Crippen molar-refractivity contribution in [1.29, 1.82) is 0 Å². The fraction of sp³-hybridized carbons (Fsp3) is 0.360. The van der Waals surface area contributed by atoms with Gasteiger partial charge in [0.15, 0.2) is 18.1 Å². The largest absolute Gasteiger partial charge is 0.486 e. The van der Waals surface area contributed by atoms with E-state index in [0.29, 0.717) is 30.4 Å². The fourth-order valence-corrected chi connectivity index (χ4v) is 4.09. The molecular weight excluding hydrogens is 576 g/mol. The molecule has 0 atom stereocenters. The lowest BCUT2D eigenvalue weighted by Crippen LogP contribution is -2.50. The van der Waals surface area contributed by atoms with Crippen molar-refractivity contribution < 1.29 is 45.3 Å². The number of nitrogens with one attached hydrogen (secondary N) is 2. The number of anilines is 4. The van der Waals surface area contributed by atoms with Gasteiger partial charge in [-0.3, -0.25) is 0 Å². The van der Waals surface area contributed by atoms with Crippen molar-refractivity contribution in [3.63, 3.8) is 0 Å². The molecule has 42 heavy (non-hydrogen) atoms. The smallest absolute Gasteiger partial charge is 0.422 e. The quantitative estimate of drug-likeness (QED) is 0.390. The first kappa shape index (κ1) is 28.8. The van der Waals surface area contributed by atoms with Crippen LogP contribution in [-0.4, -0.2) is 78.1 Å². The molecule has 1 saturated heterocycles. The minimum atomic E-state index is -4.68. The molecule has 0 spiro atoms. The normalized spacial score (nSPS) is 15.3. The number of aromatic nitrogens is 3. The third-order valence-electron chi connectivity index (χ3n) is 6.06. The van der Waals surface area contributed by atoms with Crippen LogP contribution in [0.15, 0.2) is 42.5 Å². The zero-order valence-electron chi connectivity index (χ0n) is 21.6. The summed E-state index contributed by atoms with van der Waals surface area (Å²) in [6, 6.07) is 8.09. The van der Waals surface area contributed by atoms with E-state index in [9.17, 15) is 31.1 Å². The van der Waals surface area contributed by atoms with E-state index in [0.717, 1.165) is 18.2 Å². The van der Waals surface area contributed by atoms with Crippen molar-refractivity contribution >= 4 is 29.3 Å². The van der Waals surface area contributed by atoms with E-state index in [1.165, 1.54) is 11.0 Å². The summed E-state index contributed by atoms with van der Waals surface area (Å²) in [5, 5.41) is 5.35. The molecule has 1 aromatic heterocycles. The summed E-state index contributed by atoms with van der Waals surface area (Å²) in [4.78, 5) is 27.9. The standard InChI is InChI=1S/C25H23F6N7O4/c26-24(27,28)14-42-22-35-20(32-16-3-1-2-15(12-16)25(29,30)31)34-21(36-22)37-6-8-38(9-7-37)23(39)33-17-4-5-18-19(13-17)41-11-10-40-18/h1-5,12-13H,6-11,14H2,(H,33,39)(H,32,34,35,36). The average Bonchev–Trinajstić information content (AvgIpc) is 2.95. The summed E-state index contributed by atoms with van der Waals surface area (Å²) in [5.41, 5.74) is -0.494. The first-order valence-electron chi connectivity index (χ1n) is 12.5. The van der Waals surface area contributed by atoms with Crippen LogP contribution in [0.3, 0.4) is 0 Å². The lowest BCUT2D eigenvalue weighted by molar-refractivity contribution is -0.154. The highest BCUT2D eigenvalue weighted by Gasteiger charge is 2.31. The molecule has 11 nitrogen and oxygen atoms in total. The lowest BCUT2D eigenvalue weighted by atomic mass is 10.2. The summed E-state index contributed by atoms with van der Waals surface area (Å²) >= 11 is 0. The molecule has 2 N–H and O–H groups in total. The van der Waals surface area contributed by atoms with Crippen molar-refractivity contribution in [3.8, 4) is 17.5 Å². The molecule has 17 heteroatoms. The number of nitrogens with zero attached hydrogens (tertiary/aromatic N) is 5. The Balaban J connectivity index is 1.27. The second kappa shape index (κ2) is 11.7. The predicted octanol–water partition coefficient (Wildman–Crippen LogP) is 4.70. The van der Waals surface area contributed by atoms with E-state index in [1.807, 2.05) is 0 Å². The van der Waals surface area contributed by atoms with E-state index in [2.05, 4.69) is 25.6 Å². The van der Waals surface area contributed by atoms with Gasteiger partial charge in [0, 0.05) is 43.6 Å². The number of amides is 2. The van der Waals surface area contributed by atoms with E-state index in [-0.39, 0.29) is 49.8 Å². The Morgan fingerprint density at radius 3 is 2.33 bits per heavy atom. The molecule has 0 unspecified atom stereocenters. The van der Waals surface area contributed by atoms with Gasteiger partial charge in [-0.25, -0.2) is 4.79 Å². The highest BCUT2D eigenvalue weighted by atomic mass is 19.4. The van der Waals surface area contributed by atoms with Crippen molar-refractivity contribution in [3.05, 3.63) is 48.0 Å². The first-order chi connectivity index (χ1) is 19.9. The van der Waals surface area contributed by atoms with Crippen molar-refractivity contribution in [2.24, 2.45) is 0 Å². The zero-order valence-corrected chi connectivity index (χ0v) is 21.6. The molecule has 2 aliphatic heterocycles. The number of carbonyl (C=O) groups is 1. The maximum absolute atomic E-state index is 13.1. The van der Waals surface area contributed by atoms with Crippen LogP contribution in [0.2, 0.25) is 0 Å². The Kier molecular flexibility index (Phi) is 8.00.